The van der Waals surface area contributed by atoms with Crippen LogP contribution in [0.3, 0.4) is 0 Å². The Morgan fingerprint density at radius 2 is 1.86 bits per heavy atom. The minimum absolute atomic E-state index is 0.0440. The second kappa shape index (κ2) is 11.5. The highest BCUT2D eigenvalue weighted by Crippen LogP contribution is 2.47. The van der Waals surface area contributed by atoms with Gasteiger partial charge in [-0.25, -0.2) is 9.18 Å². The van der Waals surface area contributed by atoms with E-state index in [1.54, 1.807) is 6.07 Å². The number of hydrogen-bond acceptors (Lipinski definition) is 2. The first kappa shape index (κ1) is 26.9. The van der Waals surface area contributed by atoms with Crippen molar-refractivity contribution < 1.29 is 19.0 Å². The van der Waals surface area contributed by atoms with Crippen LogP contribution in [0.1, 0.15) is 84.5 Å². The number of ether oxygens (including phenoxy) is 1. The van der Waals surface area contributed by atoms with Gasteiger partial charge in [0.25, 0.3) is 0 Å². The highest BCUT2D eigenvalue weighted by Gasteiger charge is 2.30. The van der Waals surface area contributed by atoms with Crippen LogP contribution in [0.2, 0.25) is 5.02 Å². The molecule has 5 heteroatoms. The lowest BCUT2D eigenvalue weighted by molar-refractivity contribution is 0.0696. The summed E-state index contributed by atoms with van der Waals surface area (Å²) >= 11 is 6.53. The van der Waals surface area contributed by atoms with Gasteiger partial charge in [-0.3, -0.25) is 0 Å². The fourth-order valence-electron chi connectivity index (χ4n) is 5.19. The molecule has 3 aromatic carbocycles. The second-order valence-electron chi connectivity index (χ2n) is 10.2. The number of carboxylic acid groups (broad SMARTS) is 1. The number of hydrogen-bond donors (Lipinski definition) is 1. The Morgan fingerprint density at radius 3 is 2.51 bits per heavy atom. The molecule has 1 fully saturated rings. The number of halogens is 2. The summed E-state index contributed by atoms with van der Waals surface area (Å²) in [4.78, 5) is 11.3. The van der Waals surface area contributed by atoms with Crippen molar-refractivity contribution in [3.8, 4) is 5.75 Å². The number of para-hydroxylation sites is 1. The van der Waals surface area contributed by atoms with E-state index >= 15 is 4.39 Å². The highest BCUT2D eigenvalue weighted by atomic mass is 35.5. The Bertz CT molecular complexity index is 1300. The van der Waals surface area contributed by atoms with Crippen LogP contribution in [-0.2, 0) is 6.42 Å². The maximum absolute atomic E-state index is 15.0. The SMILES string of the molecule is C=C(Oc1c(Cl)cccc1C1CC1)c1ccccc1CC(C(C)CC)C(C)c1ccc(C(=O)O)cc1F. The van der Waals surface area contributed by atoms with Crippen LogP contribution in [-0.4, -0.2) is 11.1 Å². The van der Waals surface area contributed by atoms with Gasteiger partial charge >= 0.3 is 5.97 Å². The van der Waals surface area contributed by atoms with Gasteiger partial charge in [-0.15, -0.1) is 0 Å². The van der Waals surface area contributed by atoms with Gasteiger partial charge in [0.2, 0.25) is 0 Å². The summed E-state index contributed by atoms with van der Waals surface area (Å²) in [5.74, 6) is 0.393. The van der Waals surface area contributed by atoms with Gasteiger partial charge in [0.05, 0.1) is 10.6 Å². The quantitative estimate of drug-likeness (QED) is 0.256. The number of carbonyl (C=O) groups is 1. The van der Waals surface area contributed by atoms with E-state index in [0.717, 1.165) is 42.0 Å². The van der Waals surface area contributed by atoms with Crippen LogP contribution in [0.4, 0.5) is 4.39 Å². The van der Waals surface area contributed by atoms with Crippen molar-refractivity contribution in [3.63, 3.8) is 0 Å². The third-order valence-electron chi connectivity index (χ3n) is 7.77. The summed E-state index contributed by atoms with van der Waals surface area (Å²) in [5, 5.41) is 9.81. The molecule has 0 radical (unpaired) electrons. The van der Waals surface area contributed by atoms with Crippen molar-refractivity contribution in [3.05, 3.63) is 106 Å². The van der Waals surface area contributed by atoms with Gasteiger partial charge in [0.15, 0.2) is 0 Å². The van der Waals surface area contributed by atoms with Crippen molar-refractivity contribution in [1.29, 1.82) is 0 Å². The lowest BCUT2D eigenvalue weighted by Gasteiger charge is -2.31. The highest BCUT2D eigenvalue weighted by molar-refractivity contribution is 6.32. The van der Waals surface area contributed by atoms with E-state index in [9.17, 15) is 9.90 Å². The minimum atomic E-state index is -1.13. The standard InChI is InChI=1S/C32H34ClFO3/c1-5-19(2)28(20(3)25-16-15-24(32(35)36)18-30(25)34)17-23-9-6-7-10-26(23)21(4)37-31-27(22-13-14-22)11-8-12-29(31)33/h6-12,15-16,18-20,22,28H,4-5,13-14,17H2,1-3H3,(H,35,36). The summed E-state index contributed by atoms with van der Waals surface area (Å²) in [6.45, 7) is 10.6. The van der Waals surface area contributed by atoms with Crippen molar-refractivity contribution in [2.75, 3.05) is 0 Å². The van der Waals surface area contributed by atoms with Crippen LogP contribution in [0.15, 0.2) is 67.2 Å². The second-order valence-corrected chi connectivity index (χ2v) is 10.6. The van der Waals surface area contributed by atoms with Crippen LogP contribution in [0, 0.1) is 17.7 Å². The molecule has 3 aromatic rings. The molecule has 0 heterocycles. The average molecular weight is 521 g/mol. The van der Waals surface area contributed by atoms with Gasteiger partial charge in [0, 0.05) is 5.56 Å². The summed E-state index contributed by atoms with van der Waals surface area (Å²) in [6.07, 6.45) is 3.91. The first-order valence-electron chi connectivity index (χ1n) is 13.0. The van der Waals surface area contributed by atoms with Gasteiger partial charge in [-0.1, -0.05) is 87.8 Å². The fraction of sp³-hybridized carbons (Fsp3) is 0.344. The van der Waals surface area contributed by atoms with Gasteiger partial charge in [0.1, 0.15) is 17.3 Å². The molecule has 1 N–H and O–H groups in total. The van der Waals surface area contributed by atoms with E-state index in [0.29, 0.717) is 40.4 Å². The predicted octanol–water partition coefficient (Wildman–Crippen LogP) is 9.11. The largest absolute Gasteiger partial charge is 0.478 e. The minimum Gasteiger partial charge on any atom is -0.478 e. The Kier molecular flexibility index (Phi) is 8.39. The van der Waals surface area contributed by atoms with E-state index in [1.807, 2.05) is 37.3 Å². The van der Waals surface area contributed by atoms with Crippen molar-refractivity contribution in [2.24, 2.45) is 11.8 Å². The third-order valence-corrected chi connectivity index (χ3v) is 8.07. The maximum atomic E-state index is 15.0. The Balaban J connectivity index is 1.62. The third kappa shape index (κ3) is 6.07. The van der Waals surface area contributed by atoms with E-state index in [-0.39, 0.29) is 17.4 Å². The fourth-order valence-corrected chi connectivity index (χ4v) is 5.41. The lowest BCUT2D eigenvalue weighted by Crippen LogP contribution is -2.22. The molecular weight excluding hydrogens is 487 g/mol. The van der Waals surface area contributed by atoms with Crippen LogP contribution >= 0.6 is 11.6 Å². The summed E-state index contributed by atoms with van der Waals surface area (Å²) in [6, 6.07) is 18.1. The van der Waals surface area contributed by atoms with Gasteiger partial charge in [-0.2, -0.15) is 0 Å². The van der Waals surface area contributed by atoms with Crippen molar-refractivity contribution >= 4 is 23.3 Å². The molecule has 0 aliphatic heterocycles. The van der Waals surface area contributed by atoms with Crippen molar-refractivity contribution in [2.45, 2.75) is 58.3 Å². The zero-order chi connectivity index (χ0) is 26.7. The topological polar surface area (TPSA) is 46.5 Å². The van der Waals surface area contributed by atoms with Crippen molar-refractivity contribution in [1.82, 2.24) is 0 Å². The summed E-state index contributed by atoms with van der Waals surface area (Å²) < 4.78 is 21.3. The monoisotopic (exact) mass is 520 g/mol. The van der Waals surface area contributed by atoms with Crippen LogP contribution in [0.5, 0.6) is 5.75 Å². The number of aromatic carboxylic acids is 1. The Morgan fingerprint density at radius 1 is 1.14 bits per heavy atom. The van der Waals surface area contributed by atoms with E-state index in [1.165, 1.54) is 6.07 Å². The zero-order valence-corrected chi connectivity index (χ0v) is 22.4. The molecule has 0 aromatic heterocycles. The molecule has 3 unspecified atom stereocenters. The Labute approximate surface area is 223 Å². The number of carboxylic acids is 1. The normalized spacial score (nSPS) is 15.6. The molecule has 0 spiro atoms. The predicted molar refractivity (Wildman–Crippen MR) is 148 cm³/mol. The molecule has 1 saturated carbocycles. The summed E-state index contributed by atoms with van der Waals surface area (Å²) in [7, 11) is 0. The van der Waals surface area contributed by atoms with Crippen LogP contribution in [0.25, 0.3) is 5.76 Å². The molecule has 3 nitrogen and oxygen atoms in total. The molecule has 194 valence electrons. The molecule has 0 saturated heterocycles. The molecular formula is C32H34ClFO3. The van der Waals surface area contributed by atoms with E-state index in [4.69, 9.17) is 16.3 Å². The number of benzene rings is 3. The van der Waals surface area contributed by atoms with E-state index < -0.39 is 11.8 Å². The van der Waals surface area contributed by atoms with Crippen LogP contribution < -0.4 is 4.74 Å². The molecule has 0 amide bonds. The van der Waals surface area contributed by atoms with Gasteiger partial charge < -0.3 is 9.84 Å². The first-order chi connectivity index (χ1) is 17.7. The smallest absolute Gasteiger partial charge is 0.335 e. The summed E-state index contributed by atoms with van der Waals surface area (Å²) in [5.41, 5.74) is 3.60. The molecule has 1 aliphatic rings. The Hall–Kier alpha value is -3.11. The molecule has 4 rings (SSSR count). The lowest BCUT2D eigenvalue weighted by atomic mass is 9.74. The molecule has 37 heavy (non-hydrogen) atoms. The maximum Gasteiger partial charge on any atom is 0.335 e. The number of rotatable bonds is 11. The first-order valence-corrected chi connectivity index (χ1v) is 13.3. The zero-order valence-electron chi connectivity index (χ0n) is 21.6. The molecule has 0 bridgehead atoms. The van der Waals surface area contributed by atoms with Gasteiger partial charge in [-0.05, 0) is 77.8 Å². The molecule has 3 atom stereocenters. The average Bonchev–Trinajstić information content (AvgIpc) is 3.73. The van der Waals surface area contributed by atoms with E-state index in [2.05, 4.69) is 32.6 Å². The molecule has 1 aliphatic carbocycles.